The molecule has 3 amide bonds. The van der Waals surface area contributed by atoms with Crippen LogP contribution in [-0.2, 0) is 11.8 Å². The number of hydrogen-bond acceptors (Lipinski definition) is 4. The number of fused-ring (bicyclic) bond motifs is 2. The summed E-state index contributed by atoms with van der Waals surface area (Å²) in [6.07, 6.45) is 0.295. The van der Waals surface area contributed by atoms with Crippen LogP contribution in [0.4, 0.5) is 10.1 Å². The highest BCUT2D eigenvalue weighted by molar-refractivity contribution is 6.11. The molecular formula is C24H22FN5O3. The molecule has 2 aromatic carbocycles. The van der Waals surface area contributed by atoms with Crippen LogP contribution in [0.5, 0.6) is 0 Å². The lowest BCUT2D eigenvalue weighted by molar-refractivity contribution is -0.119. The lowest BCUT2D eigenvalue weighted by Gasteiger charge is -2.20. The van der Waals surface area contributed by atoms with Gasteiger partial charge in [0.05, 0.1) is 11.3 Å². The number of amides is 3. The number of hydrogen-bond donors (Lipinski definition) is 2. The molecule has 2 atom stereocenters. The monoisotopic (exact) mass is 447 g/mol. The van der Waals surface area contributed by atoms with E-state index < -0.39 is 17.9 Å². The third kappa shape index (κ3) is 3.65. The maximum absolute atomic E-state index is 14.3. The van der Waals surface area contributed by atoms with E-state index in [1.807, 2.05) is 6.92 Å². The third-order valence-corrected chi connectivity index (χ3v) is 6.24. The zero-order valence-electron chi connectivity index (χ0n) is 18.1. The largest absolute Gasteiger partial charge is 0.346 e. The Bertz CT molecular complexity index is 1280. The van der Waals surface area contributed by atoms with Gasteiger partial charge >= 0.3 is 0 Å². The van der Waals surface area contributed by atoms with Crippen LogP contribution in [0.2, 0.25) is 0 Å². The van der Waals surface area contributed by atoms with Gasteiger partial charge in [-0.3, -0.25) is 19.1 Å². The lowest BCUT2D eigenvalue weighted by Crippen LogP contribution is -2.41. The summed E-state index contributed by atoms with van der Waals surface area (Å²) in [6.45, 7) is 2.04. The predicted molar refractivity (Wildman–Crippen MR) is 119 cm³/mol. The molecule has 9 heteroatoms. The molecule has 168 valence electrons. The fraction of sp³-hybridized carbons (Fsp3) is 0.250. The molecule has 0 aliphatic carbocycles. The van der Waals surface area contributed by atoms with Gasteiger partial charge in [0.15, 0.2) is 0 Å². The summed E-state index contributed by atoms with van der Waals surface area (Å²) in [5.74, 6) is -1.39. The van der Waals surface area contributed by atoms with Crippen LogP contribution in [0, 0.1) is 12.7 Å². The van der Waals surface area contributed by atoms with Gasteiger partial charge in [0.2, 0.25) is 5.91 Å². The molecule has 3 heterocycles. The number of rotatable bonds is 3. The number of benzene rings is 2. The maximum atomic E-state index is 14.3. The van der Waals surface area contributed by atoms with Crippen LogP contribution in [-0.4, -0.2) is 51.0 Å². The number of carbonyl (C=O) groups excluding carboxylic acids is 3. The molecule has 3 aromatic rings. The van der Waals surface area contributed by atoms with Gasteiger partial charge in [0.1, 0.15) is 17.6 Å². The molecule has 0 radical (unpaired) electrons. The van der Waals surface area contributed by atoms with Crippen LogP contribution in [0.15, 0.2) is 48.5 Å². The van der Waals surface area contributed by atoms with Crippen molar-refractivity contribution in [2.45, 2.75) is 25.4 Å². The second-order valence-corrected chi connectivity index (χ2v) is 8.40. The molecule has 1 saturated heterocycles. The summed E-state index contributed by atoms with van der Waals surface area (Å²) in [5.41, 5.74) is 2.73. The topological polar surface area (TPSA) is 96.3 Å². The zero-order valence-corrected chi connectivity index (χ0v) is 18.1. The minimum Gasteiger partial charge on any atom is -0.346 e. The summed E-state index contributed by atoms with van der Waals surface area (Å²) in [4.78, 5) is 40.3. The van der Waals surface area contributed by atoms with Crippen molar-refractivity contribution in [3.05, 3.63) is 71.3 Å². The van der Waals surface area contributed by atoms with Crippen LogP contribution >= 0.6 is 0 Å². The van der Waals surface area contributed by atoms with Crippen LogP contribution in [0.1, 0.15) is 33.0 Å². The van der Waals surface area contributed by atoms with Crippen molar-refractivity contribution in [2.24, 2.45) is 7.05 Å². The van der Waals surface area contributed by atoms with Crippen molar-refractivity contribution < 1.29 is 18.8 Å². The van der Waals surface area contributed by atoms with Gasteiger partial charge in [-0.15, -0.1) is 0 Å². The van der Waals surface area contributed by atoms with Crippen molar-refractivity contribution in [3.63, 3.8) is 0 Å². The number of carbonyl (C=O) groups is 3. The van der Waals surface area contributed by atoms with Gasteiger partial charge in [-0.05, 0) is 43.2 Å². The minimum atomic E-state index is -0.711. The molecule has 1 fully saturated rings. The third-order valence-electron chi connectivity index (χ3n) is 6.24. The molecule has 5 rings (SSSR count). The van der Waals surface area contributed by atoms with E-state index in [1.54, 1.807) is 54.2 Å². The number of nitrogens with zero attached hydrogens (tertiary/aromatic N) is 3. The average Bonchev–Trinajstić information content (AvgIpc) is 3.34. The van der Waals surface area contributed by atoms with E-state index in [-0.39, 0.29) is 30.0 Å². The van der Waals surface area contributed by atoms with E-state index >= 15 is 0 Å². The molecule has 2 aliphatic heterocycles. The highest BCUT2D eigenvalue weighted by atomic mass is 19.1. The van der Waals surface area contributed by atoms with Crippen LogP contribution in [0.3, 0.4) is 0 Å². The molecule has 0 spiro atoms. The molecule has 2 unspecified atom stereocenters. The quantitative estimate of drug-likeness (QED) is 0.645. The number of halogens is 1. The molecule has 2 aliphatic rings. The van der Waals surface area contributed by atoms with E-state index in [0.29, 0.717) is 28.8 Å². The van der Waals surface area contributed by atoms with Gasteiger partial charge in [-0.1, -0.05) is 24.3 Å². The Hall–Kier alpha value is -4.01. The second-order valence-electron chi connectivity index (χ2n) is 8.40. The first kappa shape index (κ1) is 20.9. The first-order valence-corrected chi connectivity index (χ1v) is 10.6. The van der Waals surface area contributed by atoms with Gasteiger partial charge in [-0.25, -0.2) is 4.39 Å². The Kier molecular flexibility index (Phi) is 4.96. The number of nitrogens with one attached hydrogen (secondary N) is 2. The second kappa shape index (κ2) is 7.84. The van der Waals surface area contributed by atoms with E-state index in [4.69, 9.17) is 0 Å². The Morgan fingerprint density at radius 3 is 2.67 bits per heavy atom. The van der Waals surface area contributed by atoms with E-state index in [0.717, 1.165) is 5.69 Å². The first-order valence-electron chi connectivity index (χ1n) is 10.6. The van der Waals surface area contributed by atoms with Gasteiger partial charge < -0.3 is 15.5 Å². The predicted octanol–water partition coefficient (Wildman–Crippen LogP) is 2.50. The van der Waals surface area contributed by atoms with Crippen molar-refractivity contribution in [2.75, 3.05) is 11.9 Å². The summed E-state index contributed by atoms with van der Waals surface area (Å²) in [7, 11) is 1.75. The Labute approximate surface area is 189 Å². The summed E-state index contributed by atoms with van der Waals surface area (Å²) < 4.78 is 15.9. The summed E-state index contributed by atoms with van der Waals surface area (Å²) in [5, 5.41) is 9.87. The SMILES string of the molecule is Cc1cc(C(=O)NC2CC3C(=O)Nc4ccc(-c5ccccc5F)cc4C(=O)N3C2)nn1C. The fourth-order valence-electron chi connectivity index (χ4n) is 4.41. The van der Waals surface area contributed by atoms with Gasteiger partial charge in [0.25, 0.3) is 11.8 Å². The molecule has 0 bridgehead atoms. The Morgan fingerprint density at radius 1 is 1.15 bits per heavy atom. The maximum Gasteiger partial charge on any atom is 0.272 e. The van der Waals surface area contributed by atoms with Gasteiger partial charge in [-0.2, -0.15) is 5.10 Å². The first-order chi connectivity index (χ1) is 15.8. The Balaban J connectivity index is 1.40. The normalized spacial score (nSPS) is 19.5. The lowest BCUT2D eigenvalue weighted by atomic mass is 10.0. The number of aryl methyl sites for hydroxylation is 2. The highest BCUT2D eigenvalue weighted by Crippen LogP contribution is 2.33. The molecule has 8 nitrogen and oxygen atoms in total. The average molecular weight is 447 g/mol. The van der Waals surface area contributed by atoms with E-state index in [9.17, 15) is 18.8 Å². The fourth-order valence-corrected chi connectivity index (χ4v) is 4.41. The van der Waals surface area contributed by atoms with Crippen molar-refractivity contribution in [3.8, 4) is 11.1 Å². The smallest absolute Gasteiger partial charge is 0.272 e. The molecule has 33 heavy (non-hydrogen) atoms. The van der Waals surface area contributed by atoms with E-state index in [2.05, 4.69) is 15.7 Å². The molecule has 2 N–H and O–H groups in total. The zero-order chi connectivity index (χ0) is 23.3. The van der Waals surface area contributed by atoms with Gasteiger partial charge in [0, 0.05) is 30.9 Å². The number of anilines is 1. The van der Waals surface area contributed by atoms with Crippen molar-refractivity contribution in [1.82, 2.24) is 20.0 Å². The minimum absolute atomic E-state index is 0.192. The standard InChI is InChI=1S/C24H22FN5O3/c1-13-9-20(28-29(13)2)22(31)26-15-11-21-23(32)27-19-8-7-14(16-5-3-4-6-18(16)25)10-17(19)24(33)30(21)12-15/h3-10,15,21H,11-12H2,1-2H3,(H,26,31)(H,27,32). The van der Waals surface area contributed by atoms with Crippen molar-refractivity contribution >= 4 is 23.4 Å². The summed E-state index contributed by atoms with van der Waals surface area (Å²) in [6, 6.07) is 11.8. The number of aromatic nitrogens is 2. The molecular weight excluding hydrogens is 425 g/mol. The van der Waals surface area contributed by atoms with Crippen molar-refractivity contribution in [1.29, 1.82) is 0 Å². The molecule has 0 saturated carbocycles. The molecule has 1 aromatic heterocycles. The van der Waals surface area contributed by atoms with E-state index in [1.165, 1.54) is 11.0 Å². The van der Waals surface area contributed by atoms with Crippen LogP contribution in [0.25, 0.3) is 11.1 Å². The Morgan fingerprint density at radius 2 is 1.94 bits per heavy atom. The summed E-state index contributed by atoms with van der Waals surface area (Å²) >= 11 is 0. The highest BCUT2D eigenvalue weighted by Gasteiger charge is 2.43. The van der Waals surface area contributed by atoms with Crippen LogP contribution < -0.4 is 10.6 Å².